The molecule has 0 aliphatic carbocycles. The van der Waals surface area contributed by atoms with Gasteiger partial charge in [-0.05, 0) is 52.9 Å². The van der Waals surface area contributed by atoms with Crippen molar-refractivity contribution in [2.24, 2.45) is 0 Å². The van der Waals surface area contributed by atoms with Crippen LogP contribution >= 0.6 is 0 Å². The van der Waals surface area contributed by atoms with Gasteiger partial charge in [-0.25, -0.2) is 0 Å². The summed E-state index contributed by atoms with van der Waals surface area (Å²) in [6.07, 6.45) is 1.46. The molecule has 0 saturated carbocycles. The number of fused-ring (bicyclic) bond motifs is 1. The molecule has 2 aromatic carbocycles. The van der Waals surface area contributed by atoms with Gasteiger partial charge in [-0.1, -0.05) is 45.0 Å². The number of benzene rings is 2. The molecule has 0 aliphatic heterocycles. The maximum absolute atomic E-state index is 13.0. The van der Waals surface area contributed by atoms with Gasteiger partial charge in [-0.3, -0.25) is 9.59 Å². The monoisotopic (exact) mass is 473 g/mol. The summed E-state index contributed by atoms with van der Waals surface area (Å²) in [7, 11) is 1.60. The number of nitrogens with zero attached hydrogens (tertiary/aromatic N) is 1. The molecule has 0 unspecified atom stereocenters. The van der Waals surface area contributed by atoms with Crippen LogP contribution in [0.3, 0.4) is 0 Å². The van der Waals surface area contributed by atoms with Gasteiger partial charge in [-0.15, -0.1) is 0 Å². The second kappa shape index (κ2) is 10.2. The van der Waals surface area contributed by atoms with Crippen molar-refractivity contribution < 1.29 is 18.7 Å². The number of amides is 2. The van der Waals surface area contributed by atoms with Crippen molar-refractivity contribution in [3.05, 3.63) is 89.5 Å². The standard InChI is InChI=1S/C28H31N3O4/c1-28(2,3)21-9-7-19(8-10-21)18-31-23-12-11-22(30-27(33)25-6-5-14-35-25)16-20(23)17-24(31)26(32)29-13-15-34-4/h5-12,14,16-17H,13,15,18H2,1-4H3,(H,29,32)(H,30,33). The van der Waals surface area contributed by atoms with E-state index in [1.807, 2.05) is 28.8 Å². The predicted molar refractivity (Wildman–Crippen MR) is 137 cm³/mol. The topological polar surface area (TPSA) is 85.5 Å². The second-order valence-corrected chi connectivity index (χ2v) is 9.52. The van der Waals surface area contributed by atoms with Crippen molar-refractivity contribution >= 4 is 28.4 Å². The molecular weight excluding hydrogens is 442 g/mol. The van der Waals surface area contributed by atoms with E-state index in [2.05, 4.69) is 55.7 Å². The fraction of sp³-hybridized carbons (Fsp3) is 0.286. The summed E-state index contributed by atoms with van der Waals surface area (Å²) in [5.74, 6) is -0.268. The first-order valence-electron chi connectivity index (χ1n) is 11.6. The van der Waals surface area contributed by atoms with Gasteiger partial charge in [0.2, 0.25) is 0 Å². The van der Waals surface area contributed by atoms with Crippen LogP contribution in [0.1, 0.15) is 52.9 Å². The molecule has 0 fully saturated rings. The summed E-state index contributed by atoms with van der Waals surface area (Å²) >= 11 is 0. The molecule has 0 bridgehead atoms. The number of aromatic nitrogens is 1. The van der Waals surface area contributed by atoms with Crippen LogP contribution in [0.4, 0.5) is 5.69 Å². The third-order valence-corrected chi connectivity index (χ3v) is 5.89. The zero-order valence-electron chi connectivity index (χ0n) is 20.6. The Morgan fingerprint density at radius 3 is 2.43 bits per heavy atom. The fourth-order valence-electron chi connectivity index (χ4n) is 3.96. The van der Waals surface area contributed by atoms with Gasteiger partial charge < -0.3 is 24.4 Å². The van der Waals surface area contributed by atoms with Crippen LogP contribution in [0.2, 0.25) is 0 Å². The van der Waals surface area contributed by atoms with Gasteiger partial charge in [0.15, 0.2) is 5.76 Å². The van der Waals surface area contributed by atoms with Crippen LogP contribution in [0.5, 0.6) is 0 Å². The van der Waals surface area contributed by atoms with Crippen LogP contribution in [0.15, 0.2) is 71.3 Å². The number of ether oxygens (including phenoxy) is 1. The van der Waals surface area contributed by atoms with E-state index in [9.17, 15) is 9.59 Å². The highest BCUT2D eigenvalue weighted by molar-refractivity contribution is 6.04. The highest BCUT2D eigenvalue weighted by Crippen LogP contribution is 2.27. The summed E-state index contributed by atoms with van der Waals surface area (Å²) in [6.45, 7) is 7.95. The van der Waals surface area contributed by atoms with Crippen molar-refractivity contribution in [1.82, 2.24) is 9.88 Å². The SMILES string of the molecule is COCCNC(=O)c1cc2cc(NC(=O)c3ccco3)ccc2n1Cc1ccc(C(C)(C)C)cc1. The van der Waals surface area contributed by atoms with E-state index in [1.165, 1.54) is 11.8 Å². The minimum Gasteiger partial charge on any atom is -0.459 e. The third-order valence-electron chi connectivity index (χ3n) is 5.89. The molecule has 0 spiro atoms. The maximum atomic E-state index is 13.0. The first-order valence-corrected chi connectivity index (χ1v) is 11.6. The molecule has 4 aromatic rings. The lowest BCUT2D eigenvalue weighted by Crippen LogP contribution is -2.29. The Bertz CT molecular complexity index is 1310. The van der Waals surface area contributed by atoms with Gasteiger partial charge in [0.1, 0.15) is 5.69 Å². The van der Waals surface area contributed by atoms with E-state index in [-0.39, 0.29) is 23.0 Å². The minimum atomic E-state index is -0.328. The molecule has 4 rings (SSSR count). The average Bonchev–Trinajstić information content (AvgIpc) is 3.48. The van der Waals surface area contributed by atoms with E-state index in [4.69, 9.17) is 9.15 Å². The van der Waals surface area contributed by atoms with Crippen LogP contribution in [0.25, 0.3) is 10.9 Å². The third kappa shape index (κ3) is 5.63. The number of anilines is 1. The molecular formula is C28H31N3O4. The maximum Gasteiger partial charge on any atom is 0.291 e. The number of hydrogen-bond donors (Lipinski definition) is 2. The van der Waals surface area contributed by atoms with Crippen molar-refractivity contribution in [2.75, 3.05) is 25.6 Å². The summed E-state index contributed by atoms with van der Waals surface area (Å²) in [5.41, 5.74) is 4.49. The molecule has 2 heterocycles. The van der Waals surface area contributed by atoms with Gasteiger partial charge in [-0.2, -0.15) is 0 Å². The Balaban J connectivity index is 1.66. The number of carbonyl (C=O) groups is 2. The summed E-state index contributed by atoms with van der Waals surface area (Å²) < 4.78 is 12.2. The van der Waals surface area contributed by atoms with Crippen LogP contribution in [-0.4, -0.2) is 36.6 Å². The molecule has 0 atom stereocenters. The number of hydrogen-bond acceptors (Lipinski definition) is 4. The molecule has 0 aliphatic rings. The van der Waals surface area contributed by atoms with Crippen LogP contribution in [0, 0.1) is 0 Å². The predicted octanol–water partition coefficient (Wildman–Crippen LogP) is 5.21. The second-order valence-electron chi connectivity index (χ2n) is 9.52. The molecule has 0 saturated heterocycles. The Morgan fingerprint density at radius 1 is 1.00 bits per heavy atom. The molecule has 0 radical (unpaired) electrons. The molecule has 7 nitrogen and oxygen atoms in total. The quantitative estimate of drug-likeness (QED) is 0.344. The van der Waals surface area contributed by atoms with Crippen LogP contribution < -0.4 is 10.6 Å². The average molecular weight is 474 g/mol. The Labute approximate surface area is 205 Å². The highest BCUT2D eigenvalue weighted by atomic mass is 16.5. The highest BCUT2D eigenvalue weighted by Gasteiger charge is 2.18. The lowest BCUT2D eigenvalue weighted by Gasteiger charge is -2.19. The molecule has 7 heteroatoms. The molecule has 2 aromatic heterocycles. The van der Waals surface area contributed by atoms with E-state index < -0.39 is 0 Å². The zero-order chi connectivity index (χ0) is 25.0. The van der Waals surface area contributed by atoms with Crippen molar-refractivity contribution in [2.45, 2.75) is 32.7 Å². The Hall–Kier alpha value is -3.84. The molecule has 182 valence electrons. The van der Waals surface area contributed by atoms with E-state index >= 15 is 0 Å². The number of carbonyl (C=O) groups excluding carboxylic acids is 2. The summed E-state index contributed by atoms with van der Waals surface area (Å²) in [5, 5.41) is 6.61. The first kappa shape index (κ1) is 24.3. The molecule has 2 N–H and O–H groups in total. The summed E-state index contributed by atoms with van der Waals surface area (Å²) in [6, 6.07) is 19.2. The van der Waals surface area contributed by atoms with Crippen molar-refractivity contribution in [1.29, 1.82) is 0 Å². The smallest absolute Gasteiger partial charge is 0.291 e. The molecule has 35 heavy (non-hydrogen) atoms. The van der Waals surface area contributed by atoms with Crippen LogP contribution in [-0.2, 0) is 16.7 Å². The Morgan fingerprint density at radius 2 is 1.77 bits per heavy atom. The van der Waals surface area contributed by atoms with E-state index in [0.717, 1.165) is 16.5 Å². The van der Waals surface area contributed by atoms with Gasteiger partial charge in [0, 0.05) is 36.8 Å². The van der Waals surface area contributed by atoms with Gasteiger partial charge >= 0.3 is 0 Å². The first-order chi connectivity index (χ1) is 16.8. The fourth-order valence-corrected chi connectivity index (χ4v) is 3.96. The van der Waals surface area contributed by atoms with Gasteiger partial charge in [0.05, 0.1) is 12.9 Å². The normalized spacial score (nSPS) is 11.5. The van der Waals surface area contributed by atoms with Crippen molar-refractivity contribution in [3.8, 4) is 0 Å². The zero-order valence-corrected chi connectivity index (χ0v) is 20.6. The minimum absolute atomic E-state index is 0.0710. The Kier molecular flexibility index (Phi) is 7.07. The lowest BCUT2D eigenvalue weighted by atomic mass is 9.87. The van der Waals surface area contributed by atoms with E-state index in [1.54, 1.807) is 19.2 Å². The lowest BCUT2D eigenvalue weighted by molar-refractivity contribution is 0.0928. The molecule has 2 amide bonds. The number of methoxy groups -OCH3 is 1. The van der Waals surface area contributed by atoms with Crippen molar-refractivity contribution in [3.63, 3.8) is 0 Å². The van der Waals surface area contributed by atoms with Gasteiger partial charge in [0.25, 0.3) is 11.8 Å². The summed E-state index contributed by atoms with van der Waals surface area (Å²) in [4.78, 5) is 25.4. The number of furan rings is 1. The largest absolute Gasteiger partial charge is 0.459 e. The number of rotatable bonds is 8. The number of nitrogens with one attached hydrogen (secondary N) is 2. The van der Waals surface area contributed by atoms with E-state index in [0.29, 0.717) is 31.1 Å².